The topological polar surface area (TPSA) is 78.5 Å². The Balaban J connectivity index is 1.62. The van der Waals surface area contributed by atoms with Crippen LogP contribution in [0.2, 0.25) is 0 Å². The number of hydrogen-bond donors (Lipinski definition) is 2. The van der Waals surface area contributed by atoms with Crippen molar-refractivity contribution < 1.29 is 13.2 Å². The number of nitrogens with zero attached hydrogens (tertiary/aromatic N) is 1. The summed E-state index contributed by atoms with van der Waals surface area (Å²) in [6.45, 7) is 2.24. The summed E-state index contributed by atoms with van der Waals surface area (Å²) < 4.78 is 25.9. The summed E-state index contributed by atoms with van der Waals surface area (Å²) in [4.78, 5) is 14.3. The molecule has 0 atom stereocenters. The van der Waals surface area contributed by atoms with Crippen LogP contribution in [-0.2, 0) is 9.84 Å². The molecule has 0 aromatic heterocycles. The number of fused-ring (bicyclic) bond motifs is 1. The summed E-state index contributed by atoms with van der Waals surface area (Å²) in [6, 6.07) is 18.1. The lowest BCUT2D eigenvalue weighted by Gasteiger charge is -2.17. The molecule has 3 aromatic carbocycles. The Hall–Kier alpha value is -3.06. The lowest BCUT2D eigenvalue weighted by molar-refractivity contribution is 0.252. The van der Waals surface area contributed by atoms with Crippen molar-refractivity contribution in [2.45, 2.75) is 18.2 Å². The fourth-order valence-electron chi connectivity index (χ4n) is 3.31. The molecule has 0 bridgehead atoms. The number of benzene rings is 3. The van der Waals surface area contributed by atoms with Crippen molar-refractivity contribution in [1.82, 2.24) is 5.32 Å². The van der Waals surface area contributed by atoms with Gasteiger partial charge in [-0.05, 0) is 37.6 Å². The van der Waals surface area contributed by atoms with E-state index in [0.717, 1.165) is 16.6 Å². The summed E-state index contributed by atoms with van der Waals surface area (Å²) in [6.07, 6.45) is 0.327. The van der Waals surface area contributed by atoms with Gasteiger partial charge in [0.15, 0.2) is 9.84 Å². The zero-order valence-electron chi connectivity index (χ0n) is 17.5. The van der Waals surface area contributed by atoms with Gasteiger partial charge in [-0.25, -0.2) is 13.2 Å². The second kappa shape index (κ2) is 9.17. The summed E-state index contributed by atoms with van der Waals surface area (Å²) >= 11 is 0. The minimum Gasteiger partial charge on any atom is -0.377 e. The van der Waals surface area contributed by atoms with Crippen molar-refractivity contribution in [2.75, 3.05) is 36.6 Å². The number of urea groups is 1. The van der Waals surface area contributed by atoms with E-state index in [9.17, 15) is 13.2 Å². The largest absolute Gasteiger partial charge is 0.377 e. The molecule has 0 unspecified atom stereocenters. The predicted octanol–water partition coefficient (Wildman–Crippen LogP) is 4.20. The highest BCUT2D eigenvalue weighted by molar-refractivity contribution is 7.91. The highest BCUT2D eigenvalue weighted by Gasteiger charge is 2.18. The van der Waals surface area contributed by atoms with Crippen LogP contribution < -0.4 is 15.5 Å². The van der Waals surface area contributed by atoms with Gasteiger partial charge in [0.1, 0.15) is 0 Å². The average molecular weight is 426 g/mol. The third-order valence-electron chi connectivity index (χ3n) is 4.86. The van der Waals surface area contributed by atoms with E-state index >= 15 is 0 Å². The van der Waals surface area contributed by atoms with Gasteiger partial charge < -0.3 is 15.5 Å². The molecule has 0 spiro atoms. The molecule has 0 radical (unpaired) electrons. The molecule has 0 saturated heterocycles. The van der Waals surface area contributed by atoms with Gasteiger partial charge in [0.05, 0.1) is 10.6 Å². The summed E-state index contributed by atoms with van der Waals surface area (Å²) in [7, 11) is 0.386. The average Bonchev–Trinajstić information content (AvgIpc) is 2.72. The first-order chi connectivity index (χ1) is 14.3. The molecule has 0 aliphatic carbocycles. The quantitative estimate of drug-likeness (QED) is 0.556. The first-order valence-electron chi connectivity index (χ1n) is 9.81. The molecule has 30 heavy (non-hydrogen) atoms. The van der Waals surface area contributed by atoms with Crippen LogP contribution in [0.4, 0.5) is 16.2 Å². The van der Waals surface area contributed by atoms with Gasteiger partial charge in [-0.2, -0.15) is 0 Å². The Kier molecular flexibility index (Phi) is 6.62. The highest BCUT2D eigenvalue weighted by Crippen LogP contribution is 2.30. The SMILES string of the molecule is Cc1ccc(NC(=O)NCCCS(=O)(=O)c2cccc3c(N(C)C)cccc23)cc1. The predicted molar refractivity (Wildman–Crippen MR) is 123 cm³/mol. The third kappa shape index (κ3) is 5.10. The second-order valence-corrected chi connectivity index (χ2v) is 9.52. The number of rotatable bonds is 7. The molecular weight excluding hydrogens is 398 g/mol. The van der Waals surface area contributed by atoms with Gasteiger partial charge in [-0.1, -0.05) is 42.0 Å². The zero-order chi connectivity index (χ0) is 21.7. The van der Waals surface area contributed by atoms with E-state index in [2.05, 4.69) is 10.6 Å². The molecule has 0 aliphatic heterocycles. The van der Waals surface area contributed by atoms with E-state index in [1.807, 2.05) is 74.4 Å². The van der Waals surface area contributed by atoms with Gasteiger partial charge >= 0.3 is 6.03 Å². The summed E-state index contributed by atoms with van der Waals surface area (Å²) in [5.41, 5.74) is 2.77. The summed E-state index contributed by atoms with van der Waals surface area (Å²) in [5, 5.41) is 7.06. The number of carbonyl (C=O) groups is 1. The Labute approximate surface area is 177 Å². The van der Waals surface area contributed by atoms with Crippen LogP contribution in [0.3, 0.4) is 0 Å². The zero-order valence-corrected chi connectivity index (χ0v) is 18.3. The van der Waals surface area contributed by atoms with Crippen molar-refractivity contribution in [3.8, 4) is 0 Å². The minimum absolute atomic E-state index is 0.0386. The van der Waals surface area contributed by atoms with Crippen molar-refractivity contribution in [3.63, 3.8) is 0 Å². The lowest BCUT2D eigenvalue weighted by atomic mass is 10.1. The third-order valence-corrected chi connectivity index (χ3v) is 6.71. The highest BCUT2D eigenvalue weighted by atomic mass is 32.2. The minimum atomic E-state index is -3.48. The van der Waals surface area contributed by atoms with Crippen molar-refractivity contribution in [1.29, 1.82) is 0 Å². The number of amides is 2. The van der Waals surface area contributed by atoms with Crippen molar-refractivity contribution in [3.05, 3.63) is 66.2 Å². The Morgan fingerprint density at radius 1 is 0.933 bits per heavy atom. The molecule has 3 rings (SSSR count). The number of nitrogens with one attached hydrogen (secondary N) is 2. The van der Waals surface area contributed by atoms with Gasteiger partial charge in [-0.3, -0.25) is 0 Å². The first-order valence-corrected chi connectivity index (χ1v) is 11.5. The number of sulfone groups is 1. The van der Waals surface area contributed by atoms with E-state index in [4.69, 9.17) is 0 Å². The van der Waals surface area contributed by atoms with Crippen LogP contribution in [0.15, 0.2) is 65.6 Å². The van der Waals surface area contributed by atoms with Crippen LogP contribution in [-0.4, -0.2) is 40.8 Å². The van der Waals surface area contributed by atoms with Crippen molar-refractivity contribution >= 4 is 38.0 Å². The molecule has 158 valence electrons. The second-order valence-electron chi connectivity index (χ2n) is 7.44. The smallest absolute Gasteiger partial charge is 0.319 e. The van der Waals surface area contributed by atoms with Crippen LogP contribution in [0.25, 0.3) is 10.8 Å². The standard InChI is InChI=1S/C23H27N3O3S/c1-17-11-13-18(14-12-17)25-23(27)24-15-6-16-30(28,29)22-10-5-7-19-20(22)8-4-9-21(19)26(2)3/h4-5,7-14H,6,15-16H2,1-3H3,(H2,24,25,27). The Morgan fingerprint density at radius 2 is 1.60 bits per heavy atom. The molecule has 7 heteroatoms. The first kappa shape index (κ1) is 21.6. The Morgan fingerprint density at radius 3 is 2.30 bits per heavy atom. The maximum absolute atomic E-state index is 13.0. The van der Waals surface area contributed by atoms with Gasteiger partial charge in [-0.15, -0.1) is 0 Å². The van der Waals surface area contributed by atoms with Crippen molar-refractivity contribution in [2.24, 2.45) is 0 Å². The van der Waals surface area contributed by atoms with Gasteiger partial charge in [0.2, 0.25) is 0 Å². The normalized spacial score (nSPS) is 11.3. The van der Waals surface area contributed by atoms with Gasteiger partial charge in [0, 0.05) is 42.8 Å². The molecule has 6 nitrogen and oxygen atoms in total. The number of carbonyl (C=O) groups excluding carboxylic acids is 1. The van der Waals surface area contributed by atoms with E-state index in [1.54, 1.807) is 12.1 Å². The van der Waals surface area contributed by atoms with E-state index in [0.29, 0.717) is 22.4 Å². The molecule has 0 aliphatic rings. The van der Waals surface area contributed by atoms with E-state index in [-0.39, 0.29) is 18.3 Å². The van der Waals surface area contributed by atoms with Gasteiger partial charge in [0.25, 0.3) is 0 Å². The van der Waals surface area contributed by atoms with Crippen LogP contribution >= 0.6 is 0 Å². The van der Waals surface area contributed by atoms with E-state index < -0.39 is 9.84 Å². The molecule has 3 aromatic rings. The summed E-state index contributed by atoms with van der Waals surface area (Å²) in [5.74, 6) is -0.0386. The molecular formula is C23H27N3O3S. The monoisotopic (exact) mass is 425 g/mol. The maximum Gasteiger partial charge on any atom is 0.319 e. The number of hydrogen-bond acceptors (Lipinski definition) is 4. The van der Waals surface area contributed by atoms with E-state index in [1.165, 1.54) is 0 Å². The lowest BCUT2D eigenvalue weighted by Crippen LogP contribution is -2.30. The molecule has 0 heterocycles. The van der Waals surface area contributed by atoms with Crippen LogP contribution in [0.5, 0.6) is 0 Å². The molecule has 2 amide bonds. The fourth-order valence-corrected chi connectivity index (χ4v) is 4.86. The number of anilines is 2. The molecule has 0 fully saturated rings. The molecule has 2 N–H and O–H groups in total. The number of aryl methyl sites for hydroxylation is 1. The van der Waals surface area contributed by atoms with Crippen LogP contribution in [0, 0.1) is 6.92 Å². The maximum atomic E-state index is 13.0. The Bertz CT molecular complexity index is 1140. The van der Waals surface area contributed by atoms with Crippen LogP contribution in [0.1, 0.15) is 12.0 Å². The molecule has 0 saturated carbocycles. The fraction of sp³-hybridized carbons (Fsp3) is 0.261.